The Balaban J connectivity index is 2.14. The number of carbonyl (C=O) groups excluding carboxylic acids is 2. The van der Waals surface area contributed by atoms with Gasteiger partial charge in [0.25, 0.3) is 0 Å². The number of alkyl halides is 6. The van der Waals surface area contributed by atoms with Crippen LogP contribution >= 0.6 is 11.6 Å². The van der Waals surface area contributed by atoms with Crippen molar-refractivity contribution in [1.29, 1.82) is 0 Å². The third-order valence-corrected chi connectivity index (χ3v) is 4.56. The number of carbonyl (C=O) groups is 2. The summed E-state index contributed by atoms with van der Waals surface area (Å²) in [6, 6.07) is 7.33. The first-order valence-electron chi connectivity index (χ1n) is 8.64. The Bertz CT molecular complexity index is 861. The topological polar surface area (TPSA) is 46.2 Å². The molecule has 0 fully saturated rings. The fraction of sp³-hybridized carbons (Fsp3) is 0.300. The number of hydrogen-bond donors (Lipinski definition) is 1. The van der Waals surface area contributed by atoms with Crippen molar-refractivity contribution >= 4 is 23.7 Å². The second-order valence-corrected chi connectivity index (χ2v) is 6.94. The Morgan fingerprint density at radius 3 is 1.97 bits per heavy atom. The molecule has 2 aromatic carbocycles. The molecule has 3 nitrogen and oxygen atoms in total. The first-order valence-corrected chi connectivity index (χ1v) is 9.02. The number of ketones is 1. The third-order valence-electron chi connectivity index (χ3n) is 4.31. The van der Waals surface area contributed by atoms with Crippen LogP contribution in [0.3, 0.4) is 0 Å². The molecule has 2 aromatic rings. The maximum atomic E-state index is 12.9. The van der Waals surface area contributed by atoms with Gasteiger partial charge in [-0.1, -0.05) is 23.7 Å². The molecule has 10 heteroatoms. The Labute approximate surface area is 173 Å². The van der Waals surface area contributed by atoms with Crippen LogP contribution in [0.2, 0.25) is 5.02 Å². The van der Waals surface area contributed by atoms with Gasteiger partial charge in [0, 0.05) is 29.5 Å². The molecule has 0 unspecified atom stereocenters. The summed E-state index contributed by atoms with van der Waals surface area (Å²) in [5.74, 6) is -1.28. The molecule has 30 heavy (non-hydrogen) atoms. The van der Waals surface area contributed by atoms with E-state index in [-0.39, 0.29) is 24.9 Å². The molecule has 0 saturated heterocycles. The minimum absolute atomic E-state index is 0.0368. The van der Waals surface area contributed by atoms with E-state index in [2.05, 4.69) is 5.32 Å². The number of aldehydes is 1. The van der Waals surface area contributed by atoms with Crippen LogP contribution in [0.5, 0.6) is 0 Å². The molecule has 2 rings (SSSR count). The number of rotatable bonds is 8. The summed E-state index contributed by atoms with van der Waals surface area (Å²) in [4.78, 5) is 23.1. The van der Waals surface area contributed by atoms with Crippen LogP contribution in [0.4, 0.5) is 26.3 Å². The zero-order valence-electron chi connectivity index (χ0n) is 15.3. The van der Waals surface area contributed by atoms with E-state index in [1.807, 2.05) is 0 Å². The Morgan fingerprint density at radius 1 is 0.967 bits per heavy atom. The lowest BCUT2D eigenvalue weighted by atomic mass is 9.96. The maximum Gasteiger partial charge on any atom is 0.416 e. The van der Waals surface area contributed by atoms with Crippen molar-refractivity contribution in [2.45, 2.75) is 24.7 Å². The van der Waals surface area contributed by atoms with Crippen LogP contribution in [-0.2, 0) is 17.1 Å². The molecular weight excluding hydrogens is 436 g/mol. The van der Waals surface area contributed by atoms with Crippen LogP contribution < -0.4 is 5.32 Å². The fourth-order valence-corrected chi connectivity index (χ4v) is 2.89. The van der Waals surface area contributed by atoms with Gasteiger partial charge in [-0.25, -0.2) is 0 Å². The van der Waals surface area contributed by atoms with E-state index in [4.69, 9.17) is 11.6 Å². The maximum absolute atomic E-state index is 12.9. The Hall–Kier alpha value is -2.39. The first kappa shape index (κ1) is 23.9. The van der Waals surface area contributed by atoms with E-state index in [0.29, 0.717) is 23.4 Å². The van der Waals surface area contributed by atoms with Crippen molar-refractivity contribution in [2.75, 3.05) is 13.1 Å². The highest BCUT2D eigenvalue weighted by atomic mass is 35.5. The van der Waals surface area contributed by atoms with Crippen molar-refractivity contribution in [3.8, 4) is 0 Å². The van der Waals surface area contributed by atoms with E-state index < -0.39 is 41.4 Å². The third kappa shape index (κ3) is 6.56. The van der Waals surface area contributed by atoms with E-state index in [1.165, 1.54) is 0 Å². The van der Waals surface area contributed by atoms with Crippen molar-refractivity contribution in [3.63, 3.8) is 0 Å². The summed E-state index contributed by atoms with van der Waals surface area (Å²) in [7, 11) is 0. The SMILES string of the molecule is O=CC[C@H](CNCC(=O)c1cc(C(F)(F)F)cc(C(F)(F)F)c1)c1ccc(Cl)cc1. The zero-order valence-corrected chi connectivity index (χ0v) is 16.0. The average Bonchev–Trinajstić information content (AvgIpc) is 2.66. The lowest BCUT2D eigenvalue weighted by molar-refractivity contribution is -0.143. The number of halogens is 7. The number of nitrogens with one attached hydrogen (secondary N) is 1. The molecule has 1 atom stereocenters. The van der Waals surface area contributed by atoms with E-state index >= 15 is 0 Å². The molecule has 0 spiro atoms. The molecular formula is C20H16ClF6NO2. The van der Waals surface area contributed by atoms with Gasteiger partial charge in [0.15, 0.2) is 5.78 Å². The highest BCUT2D eigenvalue weighted by molar-refractivity contribution is 6.30. The smallest absolute Gasteiger partial charge is 0.309 e. The monoisotopic (exact) mass is 451 g/mol. The summed E-state index contributed by atoms with van der Waals surface area (Å²) in [6.45, 7) is -0.390. The summed E-state index contributed by atoms with van der Waals surface area (Å²) < 4.78 is 77.5. The van der Waals surface area contributed by atoms with Gasteiger partial charge in [0.1, 0.15) is 6.29 Å². The number of benzene rings is 2. The summed E-state index contributed by atoms with van der Waals surface area (Å²) in [6.07, 6.45) is -9.30. The minimum atomic E-state index is -5.03. The molecule has 0 amide bonds. The molecule has 0 radical (unpaired) electrons. The molecule has 0 aromatic heterocycles. The number of hydrogen-bond acceptors (Lipinski definition) is 3. The zero-order chi connectivity index (χ0) is 22.5. The molecule has 0 aliphatic heterocycles. The standard InChI is InChI=1S/C20H16ClF6NO2/c21-17-3-1-12(2-4-17)13(5-6-29)10-28-11-18(30)14-7-15(19(22,23)24)9-16(8-14)20(25,26)27/h1-4,6-9,13,28H,5,10-11H2/t13-/m1/s1. The lowest BCUT2D eigenvalue weighted by Crippen LogP contribution is -2.28. The van der Waals surface area contributed by atoms with Gasteiger partial charge < -0.3 is 10.1 Å². The van der Waals surface area contributed by atoms with Crippen LogP contribution in [0.25, 0.3) is 0 Å². The molecule has 0 saturated carbocycles. The van der Waals surface area contributed by atoms with Crippen LogP contribution in [0.1, 0.15) is 39.4 Å². The lowest BCUT2D eigenvalue weighted by Gasteiger charge is -2.16. The van der Waals surface area contributed by atoms with E-state index in [9.17, 15) is 35.9 Å². The van der Waals surface area contributed by atoms with Gasteiger partial charge in [-0.3, -0.25) is 4.79 Å². The fourth-order valence-electron chi connectivity index (χ4n) is 2.77. The van der Waals surface area contributed by atoms with E-state index in [0.717, 1.165) is 5.56 Å². The molecule has 0 aliphatic carbocycles. The largest absolute Gasteiger partial charge is 0.416 e. The van der Waals surface area contributed by atoms with Gasteiger partial charge in [0.05, 0.1) is 17.7 Å². The van der Waals surface area contributed by atoms with Crippen molar-refractivity contribution in [1.82, 2.24) is 5.32 Å². The van der Waals surface area contributed by atoms with Gasteiger partial charge in [-0.05, 0) is 35.9 Å². The second kappa shape index (κ2) is 9.61. The van der Waals surface area contributed by atoms with E-state index in [1.54, 1.807) is 24.3 Å². The highest BCUT2D eigenvalue weighted by Gasteiger charge is 2.37. The quantitative estimate of drug-likeness (QED) is 0.326. The van der Waals surface area contributed by atoms with Crippen LogP contribution in [0.15, 0.2) is 42.5 Å². The van der Waals surface area contributed by atoms with Gasteiger partial charge in [0.2, 0.25) is 0 Å². The van der Waals surface area contributed by atoms with Gasteiger partial charge in [-0.15, -0.1) is 0 Å². The predicted molar refractivity (Wildman–Crippen MR) is 98.5 cm³/mol. The second-order valence-electron chi connectivity index (χ2n) is 6.50. The summed E-state index contributed by atoms with van der Waals surface area (Å²) >= 11 is 5.81. The molecule has 0 aliphatic rings. The minimum Gasteiger partial charge on any atom is -0.309 e. The highest BCUT2D eigenvalue weighted by Crippen LogP contribution is 2.36. The predicted octanol–water partition coefficient (Wildman–Crippen LogP) is 5.52. The van der Waals surface area contributed by atoms with Crippen molar-refractivity contribution < 1.29 is 35.9 Å². The summed E-state index contributed by atoms with van der Waals surface area (Å²) in [5.41, 5.74) is -3.07. The van der Waals surface area contributed by atoms with Crippen LogP contribution in [0, 0.1) is 0 Å². The first-order chi connectivity index (χ1) is 13.9. The Kier molecular flexibility index (Phi) is 7.65. The molecule has 0 heterocycles. The molecule has 0 bridgehead atoms. The van der Waals surface area contributed by atoms with Crippen molar-refractivity contribution in [3.05, 3.63) is 69.7 Å². The average molecular weight is 452 g/mol. The molecule has 1 N–H and O–H groups in total. The van der Waals surface area contributed by atoms with Crippen LogP contribution in [-0.4, -0.2) is 25.2 Å². The normalized spacial score (nSPS) is 13.2. The van der Waals surface area contributed by atoms with Gasteiger partial charge in [-0.2, -0.15) is 26.3 Å². The van der Waals surface area contributed by atoms with Crippen molar-refractivity contribution in [2.24, 2.45) is 0 Å². The summed E-state index contributed by atoms with van der Waals surface area (Å²) in [5, 5.41) is 3.18. The van der Waals surface area contributed by atoms with Gasteiger partial charge >= 0.3 is 12.4 Å². The Morgan fingerprint density at radius 2 is 1.50 bits per heavy atom. The number of Topliss-reactive ketones (excluding diaryl/α,β-unsaturated/α-hetero) is 1. The molecule has 162 valence electrons.